The third kappa shape index (κ3) is 9.34. The van der Waals surface area contributed by atoms with Gasteiger partial charge in [0.1, 0.15) is 12.4 Å². The van der Waals surface area contributed by atoms with Gasteiger partial charge in [-0.3, -0.25) is 4.90 Å². The van der Waals surface area contributed by atoms with Gasteiger partial charge in [-0.1, -0.05) is 35.3 Å². The number of carbonyl (C=O) groups excluding carboxylic acids is 2. The maximum atomic E-state index is 12.4. The molecule has 0 radical (unpaired) electrons. The average molecular weight is 650 g/mol. The Kier molecular flexibility index (Phi) is 11.4. The molecule has 2 aliphatic rings. The number of likely N-dealkylation sites (tertiary alicyclic amines) is 1. The zero-order valence-corrected chi connectivity index (χ0v) is 24.5. The lowest BCUT2D eigenvalue weighted by Gasteiger charge is -2.34. The van der Waals surface area contributed by atoms with Crippen molar-refractivity contribution in [3.05, 3.63) is 52.0 Å². The predicted octanol–water partition coefficient (Wildman–Crippen LogP) is 3.18. The summed E-state index contributed by atoms with van der Waals surface area (Å²) >= 11 is 12.2. The standard InChI is InChI=1S/C28H32Cl2F3N3O7/c29-18-3-1-17(2-4-18)13-35-7-5-19(6-8-35)34-21-14-36(15-23(21)38)22-12-24(41-10-9-37)20(30)11-25(22)43-26(39)16-42-27(40)28(31,32)33/h1-4,11-12,19,21,23,34,37-38H,5-10,13-16H2. The molecule has 0 aromatic heterocycles. The van der Waals surface area contributed by atoms with Crippen LogP contribution in [0.25, 0.3) is 0 Å². The molecule has 2 fully saturated rings. The van der Waals surface area contributed by atoms with Gasteiger partial charge in [0, 0.05) is 42.8 Å². The summed E-state index contributed by atoms with van der Waals surface area (Å²) in [5.74, 6) is -3.76. The highest BCUT2D eigenvalue weighted by Gasteiger charge is 2.41. The van der Waals surface area contributed by atoms with Crippen LogP contribution in [0.15, 0.2) is 36.4 Å². The minimum absolute atomic E-state index is 0.00654. The lowest BCUT2D eigenvalue weighted by molar-refractivity contribution is -0.200. The van der Waals surface area contributed by atoms with Crippen molar-refractivity contribution in [3.8, 4) is 11.5 Å². The molecule has 2 atom stereocenters. The van der Waals surface area contributed by atoms with E-state index in [1.54, 1.807) is 4.90 Å². The summed E-state index contributed by atoms with van der Waals surface area (Å²) in [7, 11) is 0. The van der Waals surface area contributed by atoms with Gasteiger partial charge in [-0.25, -0.2) is 9.59 Å². The van der Waals surface area contributed by atoms with Gasteiger partial charge in [-0.05, 0) is 43.6 Å². The van der Waals surface area contributed by atoms with E-state index >= 15 is 0 Å². The average Bonchev–Trinajstić information content (AvgIpc) is 3.32. The zero-order chi connectivity index (χ0) is 31.1. The van der Waals surface area contributed by atoms with Crippen LogP contribution in [0.1, 0.15) is 18.4 Å². The fourth-order valence-electron chi connectivity index (χ4n) is 5.03. The normalized spacial score (nSPS) is 19.8. The number of aliphatic hydroxyl groups excluding tert-OH is 2. The van der Waals surface area contributed by atoms with E-state index in [-0.39, 0.29) is 54.1 Å². The topological polar surface area (TPSA) is 121 Å². The maximum absolute atomic E-state index is 12.4. The molecule has 0 spiro atoms. The molecule has 2 unspecified atom stereocenters. The van der Waals surface area contributed by atoms with Gasteiger partial charge in [-0.2, -0.15) is 13.2 Å². The molecular weight excluding hydrogens is 618 g/mol. The van der Waals surface area contributed by atoms with E-state index in [0.29, 0.717) is 11.6 Å². The molecule has 2 heterocycles. The van der Waals surface area contributed by atoms with Crippen molar-refractivity contribution < 1.29 is 47.2 Å². The molecular formula is C28H32Cl2F3N3O7. The number of aliphatic hydroxyl groups is 2. The fraction of sp³-hybridized carbons (Fsp3) is 0.500. The number of benzene rings is 2. The molecule has 0 aliphatic carbocycles. The Hall–Kier alpha value is -2.81. The summed E-state index contributed by atoms with van der Waals surface area (Å²) in [6, 6.07) is 10.3. The Morgan fingerprint density at radius 2 is 1.74 bits per heavy atom. The summed E-state index contributed by atoms with van der Waals surface area (Å²) in [6.07, 6.45) is -4.31. The number of nitrogens with one attached hydrogen (secondary N) is 1. The Morgan fingerprint density at radius 3 is 2.40 bits per heavy atom. The second-order valence-corrected chi connectivity index (χ2v) is 11.1. The van der Waals surface area contributed by atoms with Gasteiger partial charge in [0.2, 0.25) is 0 Å². The molecule has 0 amide bonds. The van der Waals surface area contributed by atoms with Crippen molar-refractivity contribution in [2.45, 2.75) is 43.8 Å². The highest BCUT2D eigenvalue weighted by molar-refractivity contribution is 6.32. The second-order valence-electron chi connectivity index (χ2n) is 10.3. The summed E-state index contributed by atoms with van der Waals surface area (Å²) in [4.78, 5) is 27.3. The van der Waals surface area contributed by atoms with Crippen LogP contribution in [0, 0.1) is 0 Å². The first kappa shape index (κ1) is 33.1. The number of halogens is 5. The number of piperidine rings is 1. The minimum atomic E-state index is -5.26. The summed E-state index contributed by atoms with van der Waals surface area (Å²) in [5.41, 5.74) is 1.45. The second kappa shape index (κ2) is 14.8. The number of carbonyl (C=O) groups is 2. The molecule has 0 bridgehead atoms. The van der Waals surface area contributed by atoms with Gasteiger partial charge >= 0.3 is 18.1 Å². The van der Waals surface area contributed by atoms with Crippen LogP contribution in [0.4, 0.5) is 18.9 Å². The van der Waals surface area contributed by atoms with Crippen molar-refractivity contribution in [1.82, 2.24) is 10.2 Å². The molecule has 43 heavy (non-hydrogen) atoms. The molecule has 0 saturated carbocycles. The van der Waals surface area contributed by atoms with Gasteiger partial charge in [0.25, 0.3) is 0 Å². The summed E-state index contributed by atoms with van der Waals surface area (Å²) in [6.45, 7) is 1.36. The fourth-order valence-corrected chi connectivity index (χ4v) is 5.37. The van der Waals surface area contributed by atoms with E-state index in [9.17, 15) is 27.9 Å². The number of ether oxygens (including phenoxy) is 3. The number of β-amino-alcohol motifs (C(OH)–C–C–N with tert-alkyl or cyclic N) is 1. The highest BCUT2D eigenvalue weighted by Crippen LogP contribution is 2.40. The summed E-state index contributed by atoms with van der Waals surface area (Å²) < 4.78 is 52.0. The van der Waals surface area contributed by atoms with Crippen molar-refractivity contribution in [1.29, 1.82) is 0 Å². The van der Waals surface area contributed by atoms with Crippen LogP contribution < -0.4 is 19.7 Å². The van der Waals surface area contributed by atoms with Crippen molar-refractivity contribution in [2.75, 3.05) is 50.9 Å². The highest BCUT2D eigenvalue weighted by atomic mass is 35.5. The summed E-state index contributed by atoms with van der Waals surface area (Å²) in [5, 5.41) is 24.3. The Morgan fingerprint density at radius 1 is 1.05 bits per heavy atom. The van der Waals surface area contributed by atoms with Gasteiger partial charge in [0.05, 0.1) is 29.5 Å². The van der Waals surface area contributed by atoms with Gasteiger partial charge in [-0.15, -0.1) is 0 Å². The Balaban J connectivity index is 1.39. The van der Waals surface area contributed by atoms with E-state index in [2.05, 4.69) is 15.0 Å². The lowest BCUT2D eigenvalue weighted by atomic mass is 10.0. The zero-order valence-electron chi connectivity index (χ0n) is 23.0. The van der Waals surface area contributed by atoms with Crippen LogP contribution in [0.3, 0.4) is 0 Å². The molecule has 15 heteroatoms. The van der Waals surface area contributed by atoms with Crippen molar-refractivity contribution >= 4 is 40.8 Å². The molecule has 2 aromatic carbocycles. The third-order valence-electron chi connectivity index (χ3n) is 7.13. The molecule has 10 nitrogen and oxygen atoms in total. The number of nitrogens with zero attached hydrogens (tertiary/aromatic N) is 2. The quantitative estimate of drug-likeness (QED) is 0.247. The largest absolute Gasteiger partial charge is 0.490 e. The van der Waals surface area contributed by atoms with E-state index in [4.69, 9.17) is 37.8 Å². The van der Waals surface area contributed by atoms with Crippen LogP contribution >= 0.6 is 23.2 Å². The third-order valence-corrected chi connectivity index (χ3v) is 7.67. The Labute approximate surface area is 256 Å². The molecule has 2 saturated heterocycles. The van der Waals surface area contributed by atoms with Crippen molar-refractivity contribution in [2.24, 2.45) is 0 Å². The first-order valence-electron chi connectivity index (χ1n) is 13.6. The lowest BCUT2D eigenvalue weighted by Crippen LogP contribution is -2.49. The van der Waals surface area contributed by atoms with E-state index in [1.807, 2.05) is 24.3 Å². The van der Waals surface area contributed by atoms with Crippen LogP contribution in [-0.2, 0) is 20.9 Å². The van der Waals surface area contributed by atoms with Gasteiger partial charge < -0.3 is 34.6 Å². The predicted molar refractivity (Wildman–Crippen MR) is 152 cm³/mol. The number of hydrogen-bond acceptors (Lipinski definition) is 10. The molecule has 2 aromatic rings. The van der Waals surface area contributed by atoms with Crippen LogP contribution in [-0.4, -0.2) is 97.4 Å². The van der Waals surface area contributed by atoms with Crippen LogP contribution in [0.2, 0.25) is 10.0 Å². The molecule has 4 rings (SSSR count). The van der Waals surface area contributed by atoms with E-state index in [0.717, 1.165) is 32.5 Å². The smallest absolute Gasteiger partial charge is 0.490 e. The first-order chi connectivity index (χ1) is 20.4. The number of alkyl halides is 3. The number of hydrogen-bond donors (Lipinski definition) is 3. The molecule has 236 valence electrons. The van der Waals surface area contributed by atoms with Crippen molar-refractivity contribution in [3.63, 3.8) is 0 Å². The van der Waals surface area contributed by atoms with Gasteiger partial charge in [0.15, 0.2) is 12.4 Å². The number of anilines is 1. The van der Waals surface area contributed by atoms with E-state index in [1.165, 1.54) is 17.7 Å². The SMILES string of the molecule is O=C(COC(=O)C(F)(F)F)Oc1cc(Cl)c(OCCO)cc1N1CC(O)C(NC2CCN(Cc3ccc(Cl)cc3)CC2)C1. The number of rotatable bonds is 11. The maximum Gasteiger partial charge on any atom is 0.490 e. The van der Waals surface area contributed by atoms with E-state index < -0.39 is 30.8 Å². The number of esters is 2. The Bertz CT molecular complexity index is 1260. The minimum Gasteiger partial charge on any atom is -0.490 e. The van der Waals surface area contributed by atoms with Crippen LogP contribution in [0.5, 0.6) is 11.5 Å². The first-order valence-corrected chi connectivity index (χ1v) is 14.4. The monoisotopic (exact) mass is 649 g/mol. The molecule has 3 N–H and O–H groups in total. The molecule has 2 aliphatic heterocycles.